The second-order valence-corrected chi connectivity index (χ2v) is 8.75. The van der Waals surface area contributed by atoms with Gasteiger partial charge in [-0.05, 0) is 75.8 Å². The van der Waals surface area contributed by atoms with Gasteiger partial charge in [0.25, 0.3) is 0 Å². The number of nitrogens with zero attached hydrogens (tertiary/aromatic N) is 1. The van der Waals surface area contributed by atoms with Crippen molar-refractivity contribution in [2.45, 2.75) is 62.7 Å². The molecule has 0 aromatic heterocycles. The smallest absolute Gasteiger partial charge is 0.0110 e. The van der Waals surface area contributed by atoms with Crippen LogP contribution in [0.25, 0.3) is 0 Å². The maximum absolute atomic E-state index is 2.76. The molecule has 0 atom stereocenters. The van der Waals surface area contributed by atoms with E-state index in [-0.39, 0.29) is 0 Å². The van der Waals surface area contributed by atoms with E-state index in [2.05, 4.69) is 41.3 Å². The number of piperidine rings is 1. The zero-order chi connectivity index (χ0) is 13.0. The highest BCUT2D eigenvalue weighted by Gasteiger charge is 2.24. The lowest BCUT2D eigenvalue weighted by atomic mass is 9.86. The SMILES string of the molecule is CC(C)CC1CCN(CC2CCC(I)CC2)CC1. The summed E-state index contributed by atoms with van der Waals surface area (Å²) in [6, 6.07) is 0. The van der Waals surface area contributed by atoms with Gasteiger partial charge in [-0.15, -0.1) is 0 Å². The largest absolute Gasteiger partial charge is 0.303 e. The van der Waals surface area contributed by atoms with Crippen molar-refractivity contribution < 1.29 is 0 Å². The van der Waals surface area contributed by atoms with Crippen LogP contribution in [0.1, 0.15) is 58.8 Å². The van der Waals surface area contributed by atoms with Crippen molar-refractivity contribution in [3.8, 4) is 0 Å². The van der Waals surface area contributed by atoms with Gasteiger partial charge in [-0.2, -0.15) is 0 Å². The Labute approximate surface area is 127 Å². The Kier molecular flexibility index (Phi) is 6.26. The van der Waals surface area contributed by atoms with Gasteiger partial charge in [0.1, 0.15) is 0 Å². The molecule has 1 saturated carbocycles. The molecule has 2 fully saturated rings. The molecule has 2 aliphatic rings. The monoisotopic (exact) mass is 363 g/mol. The first-order chi connectivity index (χ1) is 8.63. The molecule has 0 aromatic carbocycles. The minimum Gasteiger partial charge on any atom is -0.303 e. The van der Waals surface area contributed by atoms with Crippen LogP contribution >= 0.6 is 22.6 Å². The number of halogens is 1. The lowest BCUT2D eigenvalue weighted by Crippen LogP contribution is -2.38. The van der Waals surface area contributed by atoms with Crippen molar-refractivity contribution in [1.29, 1.82) is 0 Å². The summed E-state index contributed by atoms with van der Waals surface area (Å²) >= 11 is 2.64. The molecule has 0 unspecified atom stereocenters. The summed E-state index contributed by atoms with van der Waals surface area (Å²) in [5.74, 6) is 2.92. The fraction of sp³-hybridized carbons (Fsp3) is 1.00. The van der Waals surface area contributed by atoms with Gasteiger partial charge in [0, 0.05) is 10.5 Å². The molecule has 0 aromatic rings. The van der Waals surface area contributed by atoms with Crippen LogP contribution in [0.15, 0.2) is 0 Å². The molecule has 1 heterocycles. The predicted octanol–water partition coefficient (Wildman–Crippen LogP) is 4.74. The van der Waals surface area contributed by atoms with E-state index in [9.17, 15) is 0 Å². The average Bonchev–Trinajstić information content (AvgIpc) is 2.34. The lowest BCUT2D eigenvalue weighted by Gasteiger charge is -2.36. The highest BCUT2D eigenvalue weighted by molar-refractivity contribution is 14.1. The fourth-order valence-electron chi connectivity index (χ4n) is 3.74. The molecule has 0 radical (unpaired) electrons. The van der Waals surface area contributed by atoms with Crippen molar-refractivity contribution in [2.75, 3.05) is 19.6 Å². The van der Waals surface area contributed by atoms with Gasteiger partial charge >= 0.3 is 0 Å². The third-order valence-electron chi connectivity index (χ3n) is 4.80. The van der Waals surface area contributed by atoms with Gasteiger partial charge in [-0.3, -0.25) is 0 Å². The average molecular weight is 363 g/mol. The first-order valence-electron chi connectivity index (χ1n) is 8.00. The maximum atomic E-state index is 2.76. The topological polar surface area (TPSA) is 3.24 Å². The molecule has 0 spiro atoms. The first-order valence-corrected chi connectivity index (χ1v) is 9.24. The molecule has 1 nitrogen and oxygen atoms in total. The molecule has 2 heteroatoms. The van der Waals surface area contributed by atoms with Crippen LogP contribution in [0.3, 0.4) is 0 Å². The molecule has 1 aliphatic heterocycles. The van der Waals surface area contributed by atoms with Crippen LogP contribution in [0.2, 0.25) is 0 Å². The van der Waals surface area contributed by atoms with E-state index in [0.717, 1.165) is 21.7 Å². The van der Waals surface area contributed by atoms with Crippen LogP contribution in [-0.2, 0) is 0 Å². The Morgan fingerprint density at radius 1 is 0.944 bits per heavy atom. The molecule has 1 saturated heterocycles. The van der Waals surface area contributed by atoms with Crippen molar-refractivity contribution in [3.63, 3.8) is 0 Å². The number of hydrogen-bond donors (Lipinski definition) is 0. The fourth-order valence-corrected chi connectivity index (χ4v) is 4.46. The molecule has 0 N–H and O–H groups in total. The Morgan fingerprint density at radius 2 is 1.56 bits per heavy atom. The minimum absolute atomic E-state index is 0.889. The number of rotatable bonds is 4. The van der Waals surface area contributed by atoms with E-state index in [1.54, 1.807) is 0 Å². The standard InChI is InChI=1S/C16H30IN/c1-13(2)11-14-7-9-18(10-8-14)12-15-3-5-16(17)6-4-15/h13-16H,3-12H2,1-2H3. The number of alkyl halides is 1. The Hall–Kier alpha value is 0.690. The van der Waals surface area contributed by atoms with Crippen LogP contribution in [0.5, 0.6) is 0 Å². The van der Waals surface area contributed by atoms with Crippen molar-refractivity contribution in [3.05, 3.63) is 0 Å². The van der Waals surface area contributed by atoms with Gasteiger partial charge in [0.15, 0.2) is 0 Å². The maximum Gasteiger partial charge on any atom is 0.0110 e. The normalized spacial score (nSPS) is 32.0. The van der Waals surface area contributed by atoms with E-state index in [1.807, 2.05) is 0 Å². The summed E-state index contributed by atoms with van der Waals surface area (Å²) in [5, 5.41) is 0. The molecular weight excluding hydrogens is 333 g/mol. The summed E-state index contributed by atoms with van der Waals surface area (Å²) in [7, 11) is 0. The first kappa shape index (κ1) is 15.1. The second kappa shape index (κ2) is 7.47. The zero-order valence-corrected chi connectivity index (χ0v) is 14.4. The predicted molar refractivity (Wildman–Crippen MR) is 88.4 cm³/mol. The Balaban J connectivity index is 1.64. The number of likely N-dealkylation sites (tertiary alicyclic amines) is 1. The Bertz CT molecular complexity index is 225. The van der Waals surface area contributed by atoms with Gasteiger partial charge in [-0.1, -0.05) is 36.4 Å². The van der Waals surface area contributed by atoms with Crippen molar-refractivity contribution >= 4 is 22.6 Å². The summed E-state index contributed by atoms with van der Waals surface area (Å²) < 4.78 is 0.968. The van der Waals surface area contributed by atoms with Crippen LogP contribution in [-0.4, -0.2) is 28.5 Å². The van der Waals surface area contributed by atoms with Gasteiger partial charge in [0.2, 0.25) is 0 Å². The van der Waals surface area contributed by atoms with E-state index in [0.29, 0.717) is 0 Å². The van der Waals surface area contributed by atoms with Gasteiger partial charge in [-0.25, -0.2) is 0 Å². The van der Waals surface area contributed by atoms with Crippen LogP contribution in [0.4, 0.5) is 0 Å². The highest BCUT2D eigenvalue weighted by atomic mass is 127. The van der Waals surface area contributed by atoms with Crippen LogP contribution < -0.4 is 0 Å². The van der Waals surface area contributed by atoms with Crippen molar-refractivity contribution in [1.82, 2.24) is 4.90 Å². The number of hydrogen-bond acceptors (Lipinski definition) is 1. The van der Waals surface area contributed by atoms with E-state index in [4.69, 9.17) is 0 Å². The van der Waals surface area contributed by atoms with Crippen LogP contribution in [0, 0.1) is 17.8 Å². The zero-order valence-electron chi connectivity index (χ0n) is 12.2. The molecule has 1 aliphatic carbocycles. The molecule has 0 bridgehead atoms. The quantitative estimate of drug-likeness (QED) is 0.515. The van der Waals surface area contributed by atoms with Crippen molar-refractivity contribution in [2.24, 2.45) is 17.8 Å². The summed E-state index contributed by atoms with van der Waals surface area (Å²) in [6.07, 6.45) is 10.3. The van der Waals surface area contributed by atoms with Gasteiger partial charge < -0.3 is 4.90 Å². The Morgan fingerprint density at radius 3 is 2.11 bits per heavy atom. The third-order valence-corrected chi connectivity index (χ3v) is 6.05. The highest BCUT2D eigenvalue weighted by Crippen LogP contribution is 2.31. The molecule has 2 rings (SSSR count). The third kappa shape index (κ3) is 4.99. The van der Waals surface area contributed by atoms with E-state index in [1.165, 1.54) is 64.6 Å². The van der Waals surface area contributed by atoms with E-state index >= 15 is 0 Å². The summed E-state index contributed by atoms with van der Waals surface area (Å²) in [5.41, 5.74) is 0. The van der Waals surface area contributed by atoms with E-state index < -0.39 is 0 Å². The molecule has 18 heavy (non-hydrogen) atoms. The second-order valence-electron chi connectivity index (χ2n) is 6.99. The minimum atomic E-state index is 0.889. The lowest BCUT2D eigenvalue weighted by molar-refractivity contribution is 0.138. The molecule has 106 valence electrons. The summed E-state index contributed by atoms with van der Waals surface area (Å²) in [4.78, 5) is 2.76. The summed E-state index contributed by atoms with van der Waals surface area (Å²) in [6.45, 7) is 8.89. The van der Waals surface area contributed by atoms with Gasteiger partial charge in [0.05, 0.1) is 0 Å². The molecular formula is C16H30IN. The molecule has 0 amide bonds.